The number of aromatic carboxylic acids is 1. The number of carboxylic acid groups (broad SMARTS) is 1. The molecular formula is C27H24FN3O5. The van der Waals surface area contributed by atoms with Gasteiger partial charge in [-0.05, 0) is 41.9 Å². The Labute approximate surface area is 205 Å². The number of carboxylic acids is 1. The number of hydrogen-bond donors (Lipinski definition) is 2. The number of nitrogens with one attached hydrogen (secondary N) is 1. The zero-order chi connectivity index (χ0) is 24.8. The predicted octanol–water partition coefficient (Wildman–Crippen LogP) is 4.22. The maximum Gasteiger partial charge on any atom is 0.341 e. The van der Waals surface area contributed by atoms with Crippen molar-refractivity contribution in [2.45, 2.75) is 6.42 Å². The number of anilines is 1. The molecule has 1 aromatic heterocycles. The van der Waals surface area contributed by atoms with Gasteiger partial charge in [0.05, 0.1) is 24.3 Å². The number of halogens is 1. The standard InChI is InChI=1S/C27H24FN3O5/c28-20-14-18-24-26(23(20)29-6-3-7-30-8-10-35-11-9-30)36-22-13-17-5-2-1-4-16(17)12-21(22)31(24)15-19(25(18)32)27(33)34/h1-2,4-5,12-15,29H,3,6-11H2,(H,33,34). The van der Waals surface area contributed by atoms with E-state index in [-0.39, 0.29) is 16.8 Å². The van der Waals surface area contributed by atoms with Crippen LogP contribution in [-0.2, 0) is 4.74 Å². The summed E-state index contributed by atoms with van der Waals surface area (Å²) in [5, 5.41) is 14.6. The smallest absolute Gasteiger partial charge is 0.341 e. The van der Waals surface area contributed by atoms with Crippen molar-refractivity contribution in [2.75, 3.05) is 44.7 Å². The quantitative estimate of drug-likeness (QED) is 0.345. The summed E-state index contributed by atoms with van der Waals surface area (Å²) < 4.78 is 28.6. The molecule has 1 saturated heterocycles. The second kappa shape index (κ2) is 8.92. The molecule has 3 aromatic carbocycles. The molecule has 0 spiro atoms. The first-order valence-electron chi connectivity index (χ1n) is 11.9. The summed E-state index contributed by atoms with van der Waals surface area (Å²) in [5.74, 6) is -1.41. The van der Waals surface area contributed by atoms with E-state index in [0.717, 1.165) is 42.9 Å². The van der Waals surface area contributed by atoms with Crippen molar-refractivity contribution in [3.63, 3.8) is 0 Å². The largest absolute Gasteiger partial charge is 0.477 e. The minimum Gasteiger partial charge on any atom is -0.477 e. The van der Waals surface area contributed by atoms with Gasteiger partial charge in [-0.15, -0.1) is 0 Å². The van der Waals surface area contributed by atoms with Crippen molar-refractivity contribution >= 4 is 33.3 Å². The van der Waals surface area contributed by atoms with Crippen LogP contribution < -0.4 is 15.5 Å². The van der Waals surface area contributed by atoms with E-state index in [1.54, 1.807) is 4.57 Å². The lowest BCUT2D eigenvalue weighted by Crippen LogP contribution is -2.37. The monoisotopic (exact) mass is 489 g/mol. The van der Waals surface area contributed by atoms with E-state index in [9.17, 15) is 14.7 Å². The fourth-order valence-electron chi connectivity index (χ4n) is 4.96. The third-order valence-electron chi connectivity index (χ3n) is 6.78. The average molecular weight is 490 g/mol. The molecule has 2 N–H and O–H groups in total. The molecule has 0 radical (unpaired) electrons. The molecule has 2 aliphatic heterocycles. The molecule has 2 aliphatic rings. The topological polar surface area (TPSA) is 93.0 Å². The number of hydrogen-bond acceptors (Lipinski definition) is 6. The Morgan fingerprint density at radius 1 is 1.11 bits per heavy atom. The van der Waals surface area contributed by atoms with Gasteiger partial charge in [0, 0.05) is 25.8 Å². The van der Waals surface area contributed by atoms with Crippen LogP contribution in [0.4, 0.5) is 10.1 Å². The van der Waals surface area contributed by atoms with Crippen molar-refractivity contribution in [1.82, 2.24) is 9.47 Å². The van der Waals surface area contributed by atoms with E-state index in [1.807, 2.05) is 36.4 Å². The summed E-state index contributed by atoms with van der Waals surface area (Å²) >= 11 is 0. The maximum atomic E-state index is 15.4. The van der Waals surface area contributed by atoms with Crippen LogP contribution in [0.1, 0.15) is 16.8 Å². The van der Waals surface area contributed by atoms with Gasteiger partial charge in [0.15, 0.2) is 17.3 Å². The van der Waals surface area contributed by atoms with Gasteiger partial charge in [0.2, 0.25) is 5.43 Å². The molecule has 0 bridgehead atoms. The number of fused-ring (bicyclic) bond motifs is 3. The molecule has 184 valence electrons. The number of pyridine rings is 1. The van der Waals surface area contributed by atoms with E-state index in [1.165, 1.54) is 6.20 Å². The van der Waals surface area contributed by atoms with E-state index in [2.05, 4.69) is 10.2 Å². The molecule has 0 unspecified atom stereocenters. The predicted molar refractivity (Wildman–Crippen MR) is 134 cm³/mol. The van der Waals surface area contributed by atoms with Gasteiger partial charge in [-0.2, -0.15) is 0 Å². The number of carbonyl (C=O) groups is 1. The van der Waals surface area contributed by atoms with E-state index >= 15 is 4.39 Å². The van der Waals surface area contributed by atoms with Crippen molar-refractivity contribution < 1.29 is 23.8 Å². The van der Waals surface area contributed by atoms with Gasteiger partial charge in [-0.3, -0.25) is 9.69 Å². The summed E-state index contributed by atoms with van der Waals surface area (Å²) in [6, 6.07) is 12.5. The van der Waals surface area contributed by atoms with Crippen LogP contribution in [0.15, 0.2) is 53.5 Å². The molecule has 4 aromatic rings. The summed E-state index contributed by atoms with van der Waals surface area (Å²) in [4.78, 5) is 27.1. The Morgan fingerprint density at radius 2 is 1.86 bits per heavy atom. The number of nitrogens with zero attached hydrogens (tertiary/aromatic N) is 2. The fraction of sp³-hybridized carbons (Fsp3) is 0.259. The number of morpholine rings is 1. The molecule has 6 rings (SSSR count). The van der Waals surface area contributed by atoms with Gasteiger partial charge in [0.1, 0.15) is 16.8 Å². The normalized spacial score (nSPS) is 15.0. The van der Waals surface area contributed by atoms with Crippen LogP contribution in [-0.4, -0.2) is 59.9 Å². The molecule has 0 atom stereocenters. The maximum absolute atomic E-state index is 15.4. The molecule has 9 heteroatoms. The molecule has 0 saturated carbocycles. The molecule has 3 heterocycles. The van der Waals surface area contributed by atoms with E-state index < -0.39 is 22.8 Å². The summed E-state index contributed by atoms with van der Waals surface area (Å²) in [5.41, 5.74) is -0.108. The zero-order valence-corrected chi connectivity index (χ0v) is 19.4. The highest BCUT2D eigenvalue weighted by molar-refractivity contribution is 6.00. The first kappa shape index (κ1) is 22.5. The highest BCUT2D eigenvalue weighted by Crippen LogP contribution is 2.46. The van der Waals surface area contributed by atoms with Crippen LogP contribution in [0, 0.1) is 5.82 Å². The molecular weight excluding hydrogens is 465 g/mol. The number of aromatic nitrogens is 1. The number of rotatable bonds is 6. The zero-order valence-electron chi connectivity index (χ0n) is 19.4. The van der Waals surface area contributed by atoms with Crippen molar-refractivity contribution in [1.29, 1.82) is 0 Å². The highest BCUT2D eigenvalue weighted by atomic mass is 19.1. The Kier molecular flexibility index (Phi) is 5.58. The number of ether oxygens (including phenoxy) is 2. The van der Waals surface area contributed by atoms with Crippen LogP contribution in [0.25, 0.3) is 27.4 Å². The van der Waals surface area contributed by atoms with Crippen LogP contribution in [0.2, 0.25) is 0 Å². The Bertz CT molecular complexity index is 1580. The van der Waals surface area contributed by atoms with E-state index in [4.69, 9.17) is 9.47 Å². The SMILES string of the molecule is O=C(O)c1cn2c3c(c(NCCCN4CCOCC4)c(F)cc3c1=O)Oc1cc3ccccc3cc1-2. The first-order valence-corrected chi connectivity index (χ1v) is 11.9. The fourth-order valence-corrected chi connectivity index (χ4v) is 4.96. The second-order valence-electron chi connectivity index (χ2n) is 9.01. The Morgan fingerprint density at radius 3 is 2.61 bits per heavy atom. The molecule has 8 nitrogen and oxygen atoms in total. The van der Waals surface area contributed by atoms with Gasteiger partial charge < -0.3 is 24.5 Å². The highest BCUT2D eigenvalue weighted by Gasteiger charge is 2.28. The van der Waals surface area contributed by atoms with Gasteiger partial charge in [-0.25, -0.2) is 9.18 Å². The molecule has 1 fully saturated rings. The first-order chi connectivity index (χ1) is 17.5. The second-order valence-corrected chi connectivity index (χ2v) is 9.01. The lowest BCUT2D eigenvalue weighted by atomic mass is 10.0. The van der Waals surface area contributed by atoms with Gasteiger partial charge in [-0.1, -0.05) is 24.3 Å². The summed E-state index contributed by atoms with van der Waals surface area (Å²) in [7, 11) is 0. The van der Waals surface area contributed by atoms with Gasteiger partial charge in [0.25, 0.3) is 0 Å². The Balaban J connectivity index is 1.46. The minimum atomic E-state index is -1.37. The average Bonchev–Trinajstić information content (AvgIpc) is 2.88. The third-order valence-corrected chi connectivity index (χ3v) is 6.78. The van der Waals surface area contributed by atoms with Crippen LogP contribution in [0.3, 0.4) is 0 Å². The lowest BCUT2D eigenvalue weighted by molar-refractivity contribution is 0.0378. The summed E-state index contributed by atoms with van der Waals surface area (Å²) in [6.45, 7) is 4.54. The van der Waals surface area contributed by atoms with Crippen molar-refractivity contribution in [2.24, 2.45) is 0 Å². The van der Waals surface area contributed by atoms with Gasteiger partial charge >= 0.3 is 5.97 Å². The van der Waals surface area contributed by atoms with Crippen molar-refractivity contribution in [3.8, 4) is 17.2 Å². The van der Waals surface area contributed by atoms with Crippen LogP contribution in [0.5, 0.6) is 11.5 Å². The third kappa shape index (κ3) is 3.77. The Hall–Kier alpha value is -3.95. The van der Waals surface area contributed by atoms with E-state index in [0.29, 0.717) is 36.7 Å². The summed E-state index contributed by atoms with van der Waals surface area (Å²) in [6.07, 6.45) is 2.08. The molecule has 0 amide bonds. The lowest BCUT2D eigenvalue weighted by Gasteiger charge is -2.27. The molecule has 36 heavy (non-hydrogen) atoms. The minimum absolute atomic E-state index is 0.0416. The van der Waals surface area contributed by atoms with Crippen molar-refractivity contribution in [3.05, 3.63) is 70.3 Å². The van der Waals surface area contributed by atoms with Crippen LogP contribution >= 0.6 is 0 Å². The number of benzene rings is 3. The molecule has 0 aliphatic carbocycles.